The number of hydrogen-bond donors (Lipinski definition) is 3. The van der Waals surface area contributed by atoms with Crippen LogP contribution >= 0.6 is 31.9 Å². The van der Waals surface area contributed by atoms with Gasteiger partial charge < -0.3 is 20.3 Å². The average Bonchev–Trinajstić information content (AvgIpc) is 3.03. The van der Waals surface area contributed by atoms with Gasteiger partial charge in [0.05, 0.1) is 34.9 Å². The Morgan fingerprint density at radius 1 is 0.625 bits per heavy atom. The van der Waals surface area contributed by atoms with Crippen LogP contribution in [0.4, 0.5) is 0 Å². The zero-order valence-corrected chi connectivity index (χ0v) is 33.4. The number of carboxylic acid groups (broad SMARTS) is 2. The van der Waals surface area contributed by atoms with Gasteiger partial charge in [-0.05, 0) is 65.0 Å². The minimum atomic E-state index is -1.41. The highest BCUT2D eigenvalue weighted by Gasteiger charge is 2.34. The molecule has 0 radical (unpaired) electrons. The average molecular weight is 803 g/mol. The van der Waals surface area contributed by atoms with Crippen LogP contribution in [0.2, 0.25) is 0 Å². The van der Waals surface area contributed by atoms with Crippen LogP contribution in [-0.2, 0) is 4.74 Å². The summed E-state index contributed by atoms with van der Waals surface area (Å²) in [7, 11) is 0. The molecule has 0 heterocycles. The normalized spacial score (nSPS) is 12.9. The molecule has 0 saturated carbocycles. The number of halogens is 2. The number of carbonyl (C=O) groups excluding carboxylic acids is 1. The molecule has 10 heteroatoms. The van der Waals surface area contributed by atoms with E-state index in [2.05, 4.69) is 57.9 Å². The zero-order valence-electron chi connectivity index (χ0n) is 30.2. The van der Waals surface area contributed by atoms with Gasteiger partial charge in [-0.3, -0.25) is 4.79 Å². The van der Waals surface area contributed by atoms with Crippen LogP contribution in [-0.4, -0.2) is 52.6 Å². The number of carbonyl (C=O) groups is 3. The minimum Gasteiger partial charge on any atom is -0.478 e. The van der Waals surface area contributed by atoms with E-state index in [-0.39, 0.29) is 43.6 Å². The standard InChI is InChI=1S/C38H62Br2N2O6/c1-6-9-12-15-16-17-18-19-20-23-26-48-36(42-28(5)25-22-14-11-8-3)30-32(38(46)47)34(40)31(37(44)45)29(33(30)39)35(43)41-27(4)24-21-13-10-7-2/h27-28H,6-26H2,1-5H3,(H,41,43)(H,44,45)(H,46,47). The van der Waals surface area contributed by atoms with Gasteiger partial charge in [-0.1, -0.05) is 130 Å². The van der Waals surface area contributed by atoms with Crippen LogP contribution < -0.4 is 5.32 Å². The minimum absolute atomic E-state index is 0.0520. The maximum atomic E-state index is 13.7. The Hall–Kier alpha value is -1.94. The maximum absolute atomic E-state index is 13.7. The molecule has 3 N–H and O–H groups in total. The first-order valence-corrected chi connectivity index (χ1v) is 20.1. The van der Waals surface area contributed by atoms with Gasteiger partial charge in [-0.25, -0.2) is 14.6 Å². The van der Waals surface area contributed by atoms with Crippen molar-refractivity contribution in [1.29, 1.82) is 0 Å². The van der Waals surface area contributed by atoms with Crippen molar-refractivity contribution >= 4 is 55.6 Å². The second-order valence-electron chi connectivity index (χ2n) is 13.1. The number of benzene rings is 1. The summed E-state index contributed by atoms with van der Waals surface area (Å²) in [6.45, 7) is 10.7. The number of amides is 1. The number of carboxylic acids is 2. The molecule has 1 aromatic rings. The second-order valence-corrected chi connectivity index (χ2v) is 14.7. The number of aromatic carboxylic acids is 2. The number of nitrogens with one attached hydrogen (secondary N) is 1. The van der Waals surface area contributed by atoms with Crippen LogP contribution in [0.1, 0.15) is 200 Å². The summed E-state index contributed by atoms with van der Waals surface area (Å²) in [5.74, 6) is -3.24. The lowest BCUT2D eigenvalue weighted by atomic mass is 9.96. The van der Waals surface area contributed by atoms with Gasteiger partial charge in [0, 0.05) is 15.0 Å². The van der Waals surface area contributed by atoms with Gasteiger partial charge in [-0.2, -0.15) is 0 Å². The molecule has 274 valence electrons. The van der Waals surface area contributed by atoms with Crippen molar-refractivity contribution in [2.45, 2.75) is 175 Å². The summed E-state index contributed by atoms with van der Waals surface area (Å²) in [5.41, 5.74) is -0.794. The van der Waals surface area contributed by atoms with Gasteiger partial charge in [0.15, 0.2) is 0 Å². The van der Waals surface area contributed by atoms with E-state index in [1.54, 1.807) is 0 Å². The Kier molecular flexibility index (Phi) is 23.8. The lowest BCUT2D eigenvalue weighted by Crippen LogP contribution is -2.35. The molecule has 0 fully saturated rings. The third kappa shape index (κ3) is 16.2. The molecule has 8 nitrogen and oxygen atoms in total. The number of aliphatic imine (C=N–C) groups is 1. The Morgan fingerprint density at radius 3 is 1.54 bits per heavy atom. The Morgan fingerprint density at radius 2 is 1.04 bits per heavy atom. The smallest absolute Gasteiger partial charge is 0.337 e. The summed E-state index contributed by atoms with van der Waals surface area (Å²) in [6.07, 6.45) is 21.7. The lowest BCUT2D eigenvalue weighted by molar-refractivity contribution is 0.0688. The zero-order chi connectivity index (χ0) is 35.9. The van der Waals surface area contributed by atoms with Gasteiger partial charge in [-0.15, -0.1) is 0 Å². The van der Waals surface area contributed by atoms with Crippen LogP contribution in [0.15, 0.2) is 13.9 Å². The third-order valence-electron chi connectivity index (χ3n) is 8.66. The van der Waals surface area contributed by atoms with Gasteiger partial charge in [0.1, 0.15) is 0 Å². The van der Waals surface area contributed by atoms with E-state index in [1.165, 1.54) is 44.9 Å². The van der Waals surface area contributed by atoms with Crippen LogP contribution in [0.25, 0.3) is 0 Å². The lowest BCUT2D eigenvalue weighted by Gasteiger charge is -2.22. The van der Waals surface area contributed by atoms with Crippen molar-refractivity contribution in [3.05, 3.63) is 31.2 Å². The first-order chi connectivity index (χ1) is 23.0. The van der Waals surface area contributed by atoms with Crippen molar-refractivity contribution in [1.82, 2.24) is 5.32 Å². The summed E-state index contributed by atoms with van der Waals surface area (Å²) in [4.78, 5) is 43.9. The van der Waals surface area contributed by atoms with Crippen molar-refractivity contribution in [2.75, 3.05) is 6.61 Å². The summed E-state index contributed by atoms with van der Waals surface area (Å²) in [5, 5.41) is 23.5. The van der Waals surface area contributed by atoms with E-state index >= 15 is 0 Å². The predicted octanol–water partition coefficient (Wildman–Crippen LogP) is 11.7. The van der Waals surface area contributed by atoms with Gasteiger partial charge >= 0.3 is 11.9 Å². The fourth-order valence-corrected chi connectivity index (χ4v) is 7.30. The van der Waals surface area contributed by atoms with E-state index in [0.29, 0.717) is 6.61 Å². The molecule has 1 rings (SSSR count). The van der Waals surface area contributed by atoms with Crippen LogP contribution in [0.3, 0.4) is 0 Å². The van der Waals surface area contributed by atoms with Crippen molar-refractivity contribution in [3.63, 3.8) is 0 Å². The molecule has 2 atom stereocenters. The molecule has 2 unspecified atom stereocenters. The van der Waals surface area contributed by atoms with Crippen molar-refractivity contribution < 1.29 is 29.3 Å². The molecule has 0 spiro atoms. The number of rotatable bonds is 27. The molecule has 0 saturated heterocycles. The largest absolute Gasteiger partial charge is 0.478 e. The molecule has 0 aliphatic heterocycles. The summed E-state index contributed by atoms with van der Waals surface area (Å²) in [6, 6.07) is -0.371. The van der Waals surface area contributed by atoms with Crippen LogP contribution in [0, 0.1) is 0 Å². The molecule has 0 bridgehead atoms. The van der Waals surface area contributed by atoms with E-state index in [0.717, 1.165) is 83.5 Å². The highest BCUT2D eigenvalue weighted by atomic mass is 79.9. The van der Waals surface area contributed by atoms with E-state index in [4.69, 9.17) is 9.73 Å². The Balaban J connectivity index is 3.41. The molecule has 1 amide bonds. The second kappa shape index (κ2) is 25.9. The maximum Gasteiger partial charge on any atom is 0.337 e. The Labute approximate surface area is 306 Å². The van der Waals surface area contributed by atoms with Gasteiger partial charge in [0.25, 0.3) is 5.91 Å². The number of nitrogens with zero attached hydrogens (tertiary/aromatic N) is 1. The first kappa shape index (κ1) is 44.1. The van der Waals surface area contributed by atoms with E-state index in [9.17, 15) is 24.6 Å². The SMILES string of the molecule is CCCCCCCCCCCCOC(=NC(C)CCCCCC)c1c(Br)c(C(=O)NC(C)CCCCCC)c(C(=O)O)c(Br)c1C(=O)O. The quantitative estimate of drug-likeness (QED) is 0.0462. The highest BCUT2D eigenvalue weighted by molar-refractivity contribution is 9.11. The molecule has 0 aliphatic carbocycles. The molecular formula is C38H62Br2N2O6. The highest BCUT2D eigenvalue weighted by Crippen LogP contribution is 2.37. The van der Waals surface area contributed by atoms with E-state index < -0.39 is 23.4 Å². The molecule has 0 aliphatic rings. The summed E-state index contributed by atoms with van der Waals surface area (Å²) >= 11 is 6.76. The Bertz CT molecular complexity index is 1160. The van der Waals surface area contributed by atoms with Gasteiger partial charge in [0.2, 0.25) is 5.90 Å². The number of hydrogen-bond acceptors (Lipinski definition) is 5. The summed E-state index contributed by atoms with van der Waals surface area (Å²) < 4.78 is 6.14. The van der Waals surface area contributed by atoms with Crippen LogP contribution in [0.5, 0.6) is 0 Å². The number of unbranched alkanes of at least 4 members (excludes halogenated alkanes) is 15. The first-order valence-electron chi connectivity index (χ1n) is 18.5. The fraction of sp³-hybridized carbons (Fsp3) is 0.737. The fourth-order valence-electron chi connectivity index (χ4n) is 5.81. The number of ether oxygens (including phenoxy) is 1. The van der Waals surface area contributed by atoms with E-state index in [1.807, 2.05) is 13.8 Å². The molecular weight excluding hydrogens is 740 g/mol. The molecule has 1 aromatic carbocycles. The third-order valence-corrected chi connectivity index (χ3v) is 10.3. The monoisotopic (exact) mass is 800 g/mol. The topological polar surface area (TPSA) is 125 Å². The molecule has 48 heavy (non-hydrogen) atoms. The van der Waals surface area contributed by atoms with Crippen molar-refractivity contribution in [3.8, 4) is 0 Å². The predicted molar refractivity (Wildman–Crippen MR) is 204 cm³/mol. The van der Waals surface area contributed by atoms with Crippen molar-refractivity contribution in [2.24, 2.45) is 4.99 Å². The molecule has 0 aromatic heterocycles.